The maximum atomic E-state index is 6.22. The lowest BCUT2D eigenvalue weighted by molar-refractivity contribution is 0.589. The van der Waals surface area contributed by atoms with E-state index in [0.717, 1.165) is 48.5 Å². The predicted octanol–water partition coefficient (Wildman–Crippen LogP) is 4.01. The normalized spacial score (nSPS) is 15.2. The van der Waals surface area contributed by atoms with E-state index in [9.17, 15) is 0 Å². The molecular weight excluding hydrogens is 457 g/mol. The Morgan fingerprint density at radius 2 is 1.88 bits per heavy atom. The van der Waals surface area contributed by atoms with E-state index in [1.54, 1.807) is 9.12 Å². The van der Waals surface area contributed by atoms with Gasteiger partial charge < -0.3 is 10.2 Å². The minimum Gasteiger partial charge on any atom is -0.369 e. The number of nitrogens with one attached hydrogen (secondary N) is 1. The molecular formula is C16H15ClIN5S. The van der Waals surface area contributed by atoms with Gasteiger partial charge in [-0.1, -0.05) is 23.7 Å². The molecule has 1 N–H and O–H groups in total. The third-order valence-electron chi connectivity index (χ3n) is 4.22. The lowest BCUT2D eigenvalue weighted by atomic mass is 10.1. The van der Waals surface area contributed by atoms with Crippen LogP contribution in [0.25, 0.3) is 22.3 Å². The topological polar surface area (TPSA) is 46.0 Å². The summed E-state index contributed by atoms with van der Waals surface area (Å²) >= 11 is 8.49. The Bertz CT molecular complexity index is 861. The van der Waals surface area contributed by atoms with Gasteiger partial charge >= 0.3 is 0 Å². The molecule has 0 amide bonds. The molecule has 4 rings (SSSR count). The van der Waals surface area contributed by atoms with Crippen molar-refractivity contribution in [3.63, 3.8) is 0 Å². The zero-order chi connectivity index (χ0) is 16.5. The first-order chi connectivity index (χ1) is 11.8. The summed E-state index contributed by atoms with van der Waals surface area (Å²) in [6.07, 6.45) is 1.51. The molecule has 0 saturated carbocycles. The number of piperazine rings is 1. The number of hydrogen-bond donors (Lipinski definition) is 1. The van der Waals surface area contributed by atoms with Gasteiger partial charge in [-0.05, 0) is 23.8 Å². The third kappa shape index (κ3) is 2.98. The van der Waals surface area contributed by atoms with Gasteiger partial charge in [0.15, 0.2) is 5.65 Å². The fourth-order valence-corrected chi connectivity index (χ4v) is 4.82. The Morgan fingerprint density at radius 3 is 2.58 bits per heavy atom. The Kier molecular flexibility index (Phi) is 4.84. The summed E-state index contributed by atoms with van der Waals surface area (Å²) in [5.74, 6) is 0. The molecule has 5 nitrogen and oxygen atoms in total. The van der Waals surface area contributed by atoms with Gasteiger partial charge in [-0.3, -0.25) is 3.97 Å². The Hall–Kier alpha value is -1.03. The molecule has 3 heterocycles. The highest BCUT2D eigenvalue weighted by Crippen LogP contribution is 2.36. The first-order valence-electron chi connectivity index (χ1n) is 7.65. The molecule has 2 aromatic heterocycles. The van der Waals surface area contributed by atoms with E-state index in [1.165, 1.54) is 12.0 Å². The monoisotopic (exact) mass is 471 g/mol. The van der Waals surface area contributed by atoms with Crippen LogP contribution in [0.2, 0.25) is 5.15 Å². The van der Waals surface area contributed by atoms with E-state index in [4.69, 9.17) is 11.6 Å². The highest BCUT2D eigenvalue weighted by Gasteiger charge is 2.15. The second-order valence-electron chi connectivity index (χ2n) is 5.58. The maximum Gasteiger partial charge on any atom is 0.156 e. The number of anilines is 1. The number of rotatable bonds is 3. The van der Waals surface area contributed by atoms with Crippen molar-refractivity contribution in [1.82, 2.24) is 19.3 Å². The molecule has 0 unspecified atom stereocenters. The van der Waals surface area contributed by atoms with E-state index in [0.29, 0.717) is 5.15 Å². The van der Waals surface area contributed by atoms with Crippen LogP contribution in [0.15, 0.2) is 36.7 Å². The van der Waals surface area contributed by atoms with Gasteiger partial charge in [0.2, 0.25) is 0 Å². The molecule has 0 spiro atoms. The molecule has 1 aromatic carbocycles. The summed E-state index contributed by atoms with van der Waals surface area (Å²) in [5.41, 5.74) is 4.34. The Labute approximate surface area is 161 Å². The number of aromatic nitrogens is 3. The van der Waals surface area contributed by atoms with Crippen LogP contribution in [0, 0.1) is 0 Å². The molecule has 24 heavy (non-hydrogen) atoms. The van der Waals surface area contributed by atoms with Crippen molar-refractivity contribution in [3.8, 4) is 11.3 Å². The van der Waals surface area contributed by atoms with Gasteiger partial charge in [-0.25, -0.2) is 9.97 Å². The summed E-state index contributed by atoms with van der Waals surface area (Å²) in [6.45, 7) is 4.18. The number of hydrogen-bond acceptors (Lipinski definition) is 5. The first-order valence-corrected chi connectivity index (χ1v) is 11.3. The highest BCUT2D eigenvalue weighted by molar-refractivity contribution is 14.2. The van der Waals surface area contributed by atoms with Crippen LogP contribution in [0.4, 0.5) is 5.69 Å². The van der Waals surface area contributed by atoms with Crippen molar-refractivity contribution in [2.75, 3.05) is 31.1 Å². The molecule has 1 aliphatic rings. The second-order valence-corrected chi connectivity index (χ2v) is 7.62. The van der Waals surface area contributed by atoms with Crippen molar-refractivity contribution in [2.24, 2.45) is 0 Å². The highest BCUT2D eigenvalue weighted by atomic mass is 127. The minimum atomic E-state index is 0.489. The van der Waals surface area contributed by atoms with Crippen LogP contribution in [0.3, 0.4) is 0 Å². The molecule has 124 valence electrons. The summed E-state index contributed by atoms with van der Waals surface area (Å²) < 4.78 is 2.09. The van der Waals surface area contributed by atoms with Gasteiger partial charge in [0.05, 0.1) is 11.1 Å². The summed E-state index contributed by atoms with van der Waals surface area (Å²) in [7, 11) is 1.59. The van der Waals surface area contributed by atoms with E-state index in [2.05, 4.69) is 75.7 Å². The van der Waals surface area contributed by atoms with E-state index in [1.807, 2.05) is 0 Å². The second kappa shape index (κ2) is 7.07. The van der Waals surface area contributed by atoms with Gasteiger partial charge in [-0.15, -0.1) is 0 Å². The number of fused-ring (bicyclic) bond motifs is 1. The molecule has 1 saturated heterocycles. The average Bonchev–Trinajstić information content (AvgIpc) is 3.03. The fourth-order valence-electron chi connectivity index (χ4n) is 3.00. The van der Waals surface area contributed by atoms with Gasteiger partial charge in [0.1, 0.15) is 11.5 Å². The molecule has 0 atom stereocenters. The largest absolute Gasteiger partial charge is 0.369 e. The number of nitrogens with zero attached hydrogens (tertiary/aromatic N) is 4. The molecule has 1 fully saturated rings. The van der Waals surface area contributed by atoms with Gasteiger partial charge in [-0.2, -0.15) is 0 Å². The minimum absolute atomic E-state index is 0.489. The van der Waals surface area contributed by atoms with Crippen LogP contribution in [-0.2, 0) is 0 Å². The smallest absolute Gasteiger partial charge is 0.156 e. The Morgan fingerprint density at radius 1 is 1.12 bits per heavy atom. The van der Waals surface area contributed by atoms with Crippen molar-refractivity contribution < 1.29 is 0 Å². The Balaban J connectivity index is 1.73. The summed E-state index contributed by atoms with van der Waals surface area (Å²) in [6, 6.07) is 10.8. The fraction of sp³-hybridized carbons (Fsp3) is 0.250. The van der Waals surface area contributed by atoms with Crippen LogP contribution in [0.1, 0.15) is 0 Å². The van der Waals surface area contributed by atoms with Gasteiger partial charge in [0, 0.05) is 62.2 Å². The van der Waals surface area contributed by atoms with Crippen LogP contribution in [0.5, 0.6) is 0 Å². The van der Waals surface area contributed by atoms with Crippen molar-refractivity contribution in [2.45, 2.75) is 0 Å². The predicted molar refractivity (Wildman–Crippen MR) is 110 cm³/mol. The standard InChI is InChI=1S/C16H15ClIN5S/c17-15-13-9-14(23(24-18)16(13)21-10-20-15)11-1-3-12(4-2-11)22-7-5-19-6-8-22/h1-4,9-10,19H,5-8H2. The molecule has 1 aliphatic heterocycles. The summed E-state index contributed by atoms with van der Waals surface area (Å²) in [4.78, 5) is 10.9. The van der Waals surface area contributed by atoms with Crippen LogP contribution >= 0.6 is 41.9 Å². The zero-order valence-electron chi connectivity index (χ0n) is 12.7. The average molecular weight is 472 g/mol. The first kappa shape index (κ1) is 16.4. The SMILES string of the molecule is Clc1ncnc2c1cc(-c1ccc(N3CCNCC3)cc1)n2SI. The maximum absolute atomic E-state index is 6.22. The molecule has 0 aliphatic carbocycles. The van der Waals surface area contributed by atoms with E-state index >= 15 is 0 Å². The zero-order valence-corrected chi connectivity index (χ0v) is 16.5. The lowest BCUT2D eigenvalue weighted by Crippen LogP contribution is -2.43. The number of benzene rings is 1. The van der Waals surface area contributed by atoms with Crippen LogP contribution < -0.4 is 10.2 Å². The van der Waals surface area contributed by atoms with Crippen molar-refractivity contribution in [1.29, 1.82) is 0 Å². The molecule has 0 radical (unpaired) electrons. The van der Waals surface area contributed by atoms with Crippen molar-refractivity contribution in [3.05, 3.63) is 41.8 Å². The lowest BCUT2D eigenvalue weighted by Gasteiger charge is -2.29. The third-order valence-corrected chi connectivity index (χ3v) is 6.21. The molecule has 8 heteroatoms. The van der Waals surface area contributed by atoms with Gasteiger partial charge in [0.25, 0.3) is 0 Å². The van der Waals surface area contributed by atoms with Crippen molar-refractivity contribution >= 4 is 58.6 Å². The van der Waals surface area contributed by atoms with E-state index in [-0.39, 0.29) is 0 Å². The van der Waals surface area contributed by atoms with Crippen LogP contribution in [-0.4, -0.2) is 40.1 Å². The summed E-state index contributed by atoms with van der Waals surface area (Å²) in [5, 5.41) is 4.75. The quantitative estimate of drug-likeness (QED) is 0.462. The van der Waals surface area contributed by atoms with E-state index < -0.39 is 0 Å². The molecule has 0 bridgehead atoms. The molecule has 3 aromatic rings. The number of halogens is 2.